The fourth-order valence-electron chi connectivity index (χ4n) is 3.17. The van der Waals surface area contributed by atoms with E-state index in [1.807, 2.05) is 24.3 Å². The Labute approximate surface area is 141 Å². The number of nitrogens with zero attached hydrogens (tertiary/aromatic N) is 3. The second kappa shape index (κ2) is 4.91. The number of fused-ring (bicyclic) bond motifs is 2. The number of aromatic nitrogens is 2. The molecule has 0 aliphatic carbocycles. The molecular formula is C19H11N3O3. The zero-order chi connectivity index (χ0) is 17.0. The summed E-state index contributed by atoms with van der Waals surface area (Å²) in [6.07, 6.45) is 3.11. The van der Waals surface area contributed by atoms with Crippen LogP contribution in [0.5, 0.6) is 0 Å². The maximum atomic E-state index is 12.8. The molecule has 0 fully saturated rings. The van der Waals surface area contributed by atoms with Crippen molar-refractivity contribution in [2.75, 3.05) is 4.90 Å². The highest BCUT2D eigenvalue weighted by atomic mass is 16.3. The SMILES string of the molecule is O=C1c2ccccc2C(=O)N1c1nn(-c2ccoc2)c2ccccc12. The molecule has 0 bridgehead atoms. The predicted octanol–water partition coefficient (Wildman–Crippen LogP) is 3.42. The van der Waals surface area contributed by atoms with Gasteiger partial charge in [0.2, 0.25) is 0 Å². The van der Waals surface area contributed by atoms with Gasteiger partial charge in [-0.1, -0.05) is 24.3 Å². The Bertz CT molecular complexity index is 1110. The summed E-state index contributed by atoms with van der Waals surface area (Å²) in [4.78, 5) is 26.7. The second-order valence-corrected chi connectivity index (χ2v) is 5.73. The van der Waals surface area contributed by atoms with Crippen molar-refractivity contribution in [1.82, 2.24) is 9.78 Å². The van der Waals surface area contributed by atoms with Gasteiger partial charge in [-0.05, 0) is 24.3 Å². The molecule has 0 spiro atoms. The quantitative estimate of drug-likeness (QED) is 0.528. The summed E-state index contributed by atoms with van der Waals surface area (Å²) < 4.78 is 6.80. The van der Waals surface area contributed by atoms with Crippen molar-refractivity contribution < 1.29 is 14.0 Å². The van der Waals surface area contributed by atoms with E-state index in [4.69, 9.17) is 4.42 Å². The molecule has 6 heteroatoms. The van der Waals surface area contributed by atoms with Crippen molar-refractivity contribution in [3.63, 3.8) is 0 Å². The molecule has 1 aliphatic rings. The average molecular weight is 329 g/mol. The van der Waals surface area contributed by atoms with Crippen LogP contribution < -0.4 is 4.90 Å². The number of hydrogen-bond donors (Lipinski definition) is 0. The summed E-state index contributed by atoms with van der Waals surface area (Å²) in [5, 5.41) is 5.26. The van der Waals surface area contributed by atoms with Crippen LogP contribution in [0.25, 0.3) is 16.6 Å². The number of hydrogen-bond acceptors (Lipinski definition) is 4. The third-order valence-electron chi connectivity index (χ3n) is 4.32. The van der Waals surface area contributed by atoms with E-state index in [0.717, 1.165) is 21.5 Å². The highest BCUT2D eigenvalue weighted by Crippen LogP contribution is 2.33. The van der Waals surface area contributed by atoms with Gasteiger partial charge in [-0.3, -0.25) is 9.59 Å². The van der Waals surface area contributed by atoms with Gasteiger partial charge in [0.1, 0.15) is 12.0 Å². The van der Waals surface area contributed by atoms with Crippen molar-refractivity contribution >= 4 is 28.5 Å². The van der Waals surface area contributed by atoms with Gasteiger partial charge in [-0.15, -0.1) is 5.10 Å². The minimum Gasteiger partial charge on any atom is -0.470 e. The Kier molecular flexibility index (Phi) is 2.70. The van der Waals surface area contributed by atoms with Crippen LogP contribution in [0.15, 0.2) is 71.5 Å². The normalized spacial score (nSPS) is 13.7. The Morgan fingerprint density at radius 2 is 1.52 bits per heavy atom. The van der Waals surface area contributed by atoms with Crippen LogP contribution in [0.2, 0.25) is 0 Å². The molecule has 3 heterocycles. The Balaban J connectivity index is 1.75. The zero-order valence-corrected chi connectivity index (χ0v) is 12.9. The first-order chi connectivity index (χ1) is 12.3. The maximum Gasteiger partial charge on any atom is 0.267 e. The first-order valence-electron chi connectivity index (χ1n) is 7.74. The van der Waals surface area contributed by atoms with Gasteiger partial charge >= 0.3 is 0 Å². The minimum absolute atomic E-state index is 0.322. The van der Waals surface area contributed by atoms with Crippen molar-refractivity contribution in [3.8, 4) is 5.69 Å². The number of carbonyl (C=O) groups is 2. The number of furan rings is 1. The number of imide groups is 1. The van der Waals surface area contributed by atoms with E-state index in [1.54, 1.807) is 47.5 Å². The summed E-state index contributed by atoms with van der Waals surface area (Å²) in [5.74, 6) is -0.394. The fourth-order valence-corrected chi connectivity index (χ4v) is 3.17. The number of para-hydroxylation sites is 1. The van der Waals surface area contributed by atoms with Gasteiger partial charge in [-0.25, -0.2) is 9.58 Å². The molecular weight excluding hydrogens is 318 g/mol. The highest BCUT2D eigenvalue weighted by Gasteiger charge is 2.38. The van der Waals surface area contributed by atoms with E-state index in [9.17, 15) is 9.59 Å². The summed E-state index contributed by atoms with van der Waals surface area (Å²) in [7, 11) is 0. The molecule has 120 valence electrons. The standard InChI is InChI=1S/C19H11N3O3/c23-18-13-5-1-2-6-14(13)19(24)21(18)17-15-7-3-4-8-16(15)22(20-17)12-9-10-25-11-12/h1-11H. The van der Waals surface area contributed by atoms with Gasteiger partial charge in [-0.2, -0.15) is 0 Å². The van der Waals surface area contributed by atoms with E-state index in [0.29, 0.717) is 16.9 Å². The van der Waals surface area contributed by atoms with Gasteiger partial charge in [0.05, 0.1) is 22.9 Å². The van der Waals surface area contributed by atoms with Crippen LogP contribution in [0.1, 0.15) is 20.7 Å². The van der Waals surface area contributed by atoms with Crippen molar-refractivity contribution in [1.29, 1.82) is 0 Å². The monoisotopic (exact) mass is 329 g/mol. The molecule has 25 heavy (non-hydrogen) atoms. The van der Waals surface area contributed by atoms with Crippen LogP contribution in [-0.2, 0) is 0 Å². The zero-order valence-electron chi connectivity index (χ0n) is 12.9. The summed E-state index contributed by atoms with van der Waals surface area (Å²) in [6.45, 7) is 0. The molecule has 2 amide bonds. The third kappa shape index (κ3) is 1.82. The molecule has 0 saturated heterocycles. The topological polar surface area (TPSA) is 68.3 Å². The number of rotatable bonds is 2. The lowest BCUT2D eigenvalue weighted by molar-refractivity contribution is 0.0925. The molecule has 1 aliphatic heterocycles. The largest absolute Gasteiger partial charge is 0.470 e. The number of anilines is 1. The summed E-state index contributed by atoms with van der Waals surface area (Å²) in [6, 6.07) is 16.0. The lowest BCUT2D eigenvalue weighted by atomic mass is 10.1. The van der Waals surface area contributed by atoms with Crippen molar-refractivity contribution in [2.45, 2.75) is 0 Å². The number of amides is 2. The van der Waals surface area contributed by atoms with E-state index in [1.165, 1.54) is 0 Å². The van der Waals surface area contributed by atoms with Gasteiger partial charge in [0.15, 0.2) is 5.82 Å². The maximum absolute atomic E-state index is 12.8. The molecule has 2 aromatic carbocycles. The lowest BCUT2D eigenvalue weighted by Crippen LogP contribution is -2.30. The van der Waals surface area contributed by atoms with Crippen LogP contribution >= 0.6 is 0 Å². The van der Waals surface area contributed by atoms with Crippen molar-refractivity contribution in [3.05, 3.63) is 78.3 Å². The van der Waals surface area contributed by atoms with E-state index in [2.05, 4.69) is 5.10 Å². The van der Waals surface area contributed by atoms with Gasteiger partial charge < -0.3 is 4.42 Å². The molecule has 0 saturated carbocycles. The first-order valence-corrected chi connectivity index (χ1v) is 7.74. The van der Waals surface area contributed by atoms with Crippen LogP contribution in [0.3, 0.4) is 0 Å². The minimum atomic E-state index is -0.358. The van der Waals surface area contributed by atoms with E-state index >= 15 is 0 Å². The third-order valence-corrected chi connectivity index (χ3v) is 4.32. The van der Waals surface area contributed by atoms with Gasteiger partial charge in [0, 0.05) is 11.5 Å². The molecule has 5 rings (SSSR count). The Hall–Kier alpha value is -3.67. The predicted molar refractivity (Wildman–Crippen MR) is 90.9 cm³/mol. The van der Waals surface area contributed by atoms with E-state index in [-0.39, 0.29) is 11.8 Å². The average Bonchev–Trinajstić information content (AvgIpc) is 3.34. The van der Waals surface area contributed by atoms with E-state index < -0.39 is 0 Å². The molecule has 0 N–H and O–H groups in total. The number of carbonyl (C=O) groups excluding carboxylic acids is 2. The Morgan fingerprint density at radius 3 is 2.20 bits per heavy atom. The molecule has 0 unspecified atom stereocenters. The summed E-state index contributed by atoms with van der Waals surface area (Å²) >= 11 is 0. The summed E-state index contributed by atoms with van der Waals surface area (Å²) in [5.41, 5.74) is 2.30. The molecule has 0 radical (unpaired) electrons. The molecule has 0 atom stereocenters. The highest BCUT2D eigenvalue weighted by molar-refractivity contribution is 6.35. The smallest absolute Gasteiger partial charge is 0.267 e. The lowest BCUT2D eigenvalue weighted by Gasteiger charge is -2.10. The second-order valence-electron chi connectivity index (χ2n) is 5.73. The van der Waals surface area contributed by atoms with Crippen molar-refractivity contribution in [2.24, 2.45) is 0 Å². The van der Waals surface area contributed by atoms with Crippen LogP contribution in [-0.4, -0.2) is 21.6 Å². The Morgan fingerprint density at radius 1 is 0.840 bits per heavy atom. The van der Waals surface area contributed by atoms with Crippen LogP contribution in [0.4, 0.5) is 5.82 Å². The first kappa shape index (κ1) is 13.7. The number of benzene rings is 2. The van der Waals surface area contributed by atoms with Crippen LogP contribution in [0, 0.1) is 0 Å². The molecule has 6 nitrogen and oxygen atoms in total. The molecule has 2 aromatic heterocycles. The molecule has 4 aromatic rings. The van der Waals surface area contributed by atoms with Gasteiger partial charge in [0.25, 0.3) is 11.8 Å². The fraction of sp³-hybridized carbons (Fsp3) is 0.